The molecule has 0 fully saturated rings. The van der Waals surface area contributed by atoms with Gasteiger partial charge >= 0.3 is 0 Å². The quantitative estimate of drug-likeness (QED) is 0.807. The zero-order valence-corrected chi connectivity index (χ0v) is 9.47. The molecule has 0 saturated carbocycles. The lowest BCUT2D eigenvalue weighted by Gasteiger charge is -2.05. The zero-order chi connectivity index (χ0) is 12.1. The number of phenolic OH excluding ortho intramolecular Hbond substituents is 1. The van der Waals surface area contributed by atoms with Crippen LogP contribution in [0.25, 0.3) is 11.1 Å². The molecule has 2 aromatic rings. The molecule has 2 heteroatoms. The minimum absolute atomic E-state index is 0.273. The second-order valence-corrected chi connectivity index (χ2v) is 3.67. The van der Waals surface area contributed by atoms with Crippen LogP contribution in [0.1, 0.15) is 0 Å². The standard InChI is InChI=1S/C15H14O2/c1-2-10-17-15-8-6-12(7-9-15)13-4-3-5-14(16)11-13/h2-9,11,16H,1,10H2. The van der Waals surface area contributed by atoms with Crippen molar-refractivity contribution in [2.45, 2.75) is 0 Å². The van der Waals surface area contributed by atoms with Crippen molar-refractivity contribution in [3.05, 3.63) is 61.2 Å². The summed E-state index contributed by atoms with van der Waals surface area (Å²) in [6.45, 7) is 4.10. The highest BCUT2D eigenvalue weighted by Crippen LogP contribution is 2.25. The number of rotatable bonds is 4. The number of hydrogen-bond donors (Lipinski definition) is 1. The van der Waals surface area contributed by atoms with E-state index >= 15 is 0 Å². The Morgan fingerprint density at radius 1 is 1.06 bits per heavy atom. The van der Waals surface area contributed by atoms with Crippen LogP contribution in [-0.2, 0) is 0 Å². The van der Waals surface area contributed by atoms with Crippen molar-refractivity contribution in [3.63, 3.8) is 0 Å². The summed E-state index contributed by atoms with van der Waals surface area (Å²) in [5.74, 6) is 1.09. The fraction of sp³-hybridized carbons (Fsp3) is 0.0667. The molecule has 17 heavy (non-hydrogen) atoms. The molecule has 2 rings (SSSR count). The first-order valence-corrected chi connectivity index (χ1v) is 5.43. The molecule has 0 saturated heterocycles. The largest absolute Gasteiger partial charge is 0.508 e. The first kappa shape index (κ1) is 11.3. The fourth-order valence-corrected chi connectivity index (χ4v) is 1.58. The van der Waals surface area contributed by atoms with E-state index in [0.29, 0.717) is 6.61 Å². The van der Waals surface area contributed by atoms with E-state index in [1.807, 2.05) is 36.4 Å². The molecule has 86 valence electrons. The maximum Gasteiger partial charge on any atom is 0.119 e. The van der Waals surface area contributed by atoms with Crippen LogP contribution in [0.5, 0.6) is 11.5 Å². The topological polar surface area (TPSA) is 29.5 Å². The van der Waals surface area contributed by atoms with E-state index < -0.39 is 0 Å². The van der Waals surface area contributed by atoms with Gasteiger partial charge in [-0.05, 0) is 35.4 Å². The molecule has 0 heterocycles. The smallest absolute Gasteiger partial charge is 0.119 e. The highest BCUT2D eigenvalue weighted by Gasteiger charge is 1.99. The summed E-state index contributed by atoms with van der Waals surface area (Å²) in [4.78, 5) is 0. The molecule has 0 aliphatic heterocycles. The van der Waals surface area contributed by atoms with Crippen LogP contribution in [0.2, 0.25) is 0 Å². The zero-order valence-electron chi connectivity index (χ0n) is 9.47. The van der Waals surface area contributed by atoms with Gasteiger partial charge in [-0.2, -0.15) is 0 Å². The Labute approximate surface area is 101 Å². The Hall–Kier alpha value is -2.22. The third kappa shape index (κ3) is 2.88. The monoisotopic (exact) mass is 226 g/mol. The predicted molar refractivity (Wildman–Crippen MR) is 69.2 cm³/mol. The van der Waals surface area contributed by atoms with Crippen molar-refractivity contribution in [3.8, 4) is 22.6 Å². The maximum atomic E-state index is 9.41. The van der Waals surface area contributed by atoms with Gasteiger partial charge in [-0.15, -0.1) is 0 Å². The van der Waals surface area contributed by atoms with Crippen LogP contribution in [0.4, 0.5) is 0 Å². The van der Waals surface area contributed by atoms with Crippen molar-refractivity contribution >= 4 is 0 Å². The highest BCUT2D eigenvalue weighted by molar-refractivity contribution is 5.65. The third-order valence-electron chi connectivity index (χ3n) is 2.40. The molecule has 2 aromatic carbocycles. The van der Waals surface area contributed by atoms with E-state index in [1.165, 1.54) is 0 Å². The summed E-state index contributed by atoms with van der Waals surface area (Å²) < 4.78 is 5.40. The van der Waals surface area contributed by atoms with Crippen LogP contribution in [-0.4, -0.2) is 11.7 Å². The Morgan fingerprint density at radius 2 is 1.82 bits per heavy atom. The second kappa shape index (κ2) is 5.21. The van der Waals surface area contributed by atoms with Gasteiger partial charge in [0, 0.05) is 0 Å². The molecule has 1 N–H and O–H groups in total. The van der Waals surface area contributed by atoms with Crippen LogP contribution in [0.15, 0.2) is 61.2 Å². The molecule has 0 aliphatic carbocycles. The predicted octanol–water partition coefficient (Wildman–Crippen LogP) is 3.62. The molecule has 0 atom stereocenters. The fourth-order valence-electron chi connectivity index (χ4n) is 1.58. The van der Waals surface area contributed by atoms with Gasteiger partial charge < -0.3 is 9.84 Å². The Kier molecular flexibility index (Phi) is 3.46. The van der Waals surface area contributed by atoms with E-state index in [-0.39, 0.29) is 5.75 Å². The normalized spacial score (nSPS) is 9.88. The lowest BCUT2D eigenvalue weighted by atomic mass is 10.1. The molecule has 0 aliphatic rings. The first-order chi connectivity index (χ1) is 8.29. The summed E-state index contributed by atoms with van der Waals surface area (Å²) in [5, 5.41) is 9.41. The lowest BCUT2D eigenvalue weighted by Crippen LogP contribution is -1.91. The van der Waals surface area contributed by atoms with Crippen LogP contribution < -0.4 is 4.74 Å². The van der Waals surface area contributed by atoms with Gasteiger partial charge in [-0.1, -0.05) is 36.9 Å². The average molecular weight is 226 g/mol. The van der Waals surface area contributed by atoms with Crippen molar-refractivity contribution < 1.29 is 9.84 Å². The number of aromatic hydroxyl groups is 1. The minimum Gasteiger partial charge on any atom is -0.508 e. The Balaban J connectivity index is 2.20. The van der Waals surface area contributed by atoms with Crippen LogP contribution >= 0.6 is 0 Å². The molecule has 0 radical (unpaired) electrons. The number of benzene rings is 2. The van der Waals surface area contributed by atoms with Crippen LogP contribution in [0.3, 0.4) is 0 Å². The summed E-state index contributed by atoms with van der Waals surface area (Å²) in [6, 6.07) is 14.9. The molecule has 2 nitrogen and oxygen atoms in total. The molecular weight excluding hydrogens is 212 g/mol. The Bertz CT molecular complexity index is 501. The number of phenols is 1. The summed E-state index contributed by atoms with van der Waals surface area (Å²) in [5.41, 5.74) is 2.03. The van der Waals surface area contributed by atoms with Gasteiger partial charge in [0.25, 0.3) is 0 Å². The van der Waals surface area contributed by atoms with Gasteiger partial charge in [0.05, 0.1) is 0 Å². The lowest BCUT2D eigenvalue weighted by molar-refractivity contribution is 0.363. The summed E-state index contributed by atoms with van der Waals surface area (Å²) in [6.07, 6.45) is 1.71. The molecule has 0 unspecified atom stereocenters. The number of hydrogen-bond acceptors (Lipinski definition) is 2. The van der Waals surface area contributed by atoms with Crippen molar-refractivity contribution in [1.82, 2.24) is 0 Å². The number of ether oxygens (including phenoxy) is 1. The van der Waals surface area contributed by atoms with Crippen LogP contribution in [0, 0.1) is 0 Å². The van der Waals surface area contributed by atoms with Gasteiger partial charge in [-0.25, -0.2) is 0 Å². The highest BCUT2D eigenvalue weighted by atomic mass is 16.5. The van der Waals surface area contributed by atoms with E-state index in [9.17, 15) is 5.11 Å². The third-order valence-corrected chi connectivity index (χ3v) is 2.40. The van der Waals surface area contributed by atoms with E-state index in [4.69, 9.17) is 4.74 Å². The average Bonchev–Trinajstić information content (AvgIpc) is 2.37. The van der Waals surface area contributed by atoms with Crippen molar-refractivity contribution in [1.29, 1.82) is 0 Å². The summed E-state index contributed by atoms with van der Waals surface area (Å²) in [7, 11) is 0. The molecule has 0 spiro atoms. The van der Waals surface area contributed by atoms with Crippen molar-refractivity contribution in [2.24, 2.45) is 0 Å². The van der Waals surface area contributed by atoms with Gasteiger partial charge in [0.2, 0.25) is 0 Å². The van der Waals surface area contributed by atoms with Gasteiger partial charge in [0.1, 0.15) is 18.1 Å². The molecular formula is C15H14O2. The van der Waals surface area contributed by atoms with E-state index in [2.05, 4.69) is 6.58 Å². The van der Waals surface area contributed by atoms with E-state index in [1.54, 1.807) is 18.2 Å². The molecule has 0 amide bonds. The van der Waals surface area contributed by atoms with Crippen molar-refractivity contribution in [2.75, 3.05) is 6.61 Å². The van der Waals surface area contributed by atoms with Gasteiger partial charge in [-0.3, -0.25) is 0 Å². The van der Waals surface area contributed by atoms with Gasteiger partial charge in [0.15, 0.2) is 0 Å². The molecule has 0 aromatic heterocycles. The molecule has 0 bridgehead atoms. The SMILES string of the molecule is C=CCOc1ccc(-c2cccc(O)c2)cc1. The summed E-state index contributed by atoms with van der Waals surface area (Å²) >= 11 is 0. The maximum absolute atomic E-state index is 9.41. The second-order valence-electron chi connectivity index (χ2n) is 3.67. The minimum atomic E-state index is 0.273. The van der Waals surface area contributed by atoms with E-state index in [0.717, 1.165) is 16.9 Å². The Morgan fingerprint density at radius 3 is 2.47 bits per heavy atom. The first-order valence-electron chi connectivity index (χ1n) is 5.43.